The first-order valence-electron chi connectivity index (χ1n) is 6.96. The van der Waals surface area contributed by atoms with E-state index in [2.05, 4.69) is 17.1 Å². The Kier molecular flexibility index (Phi) is 5.87. The lowest BCUT2D eigenvalue weighted by Crippen LogP contribution is -1.99. The third kappa shape index (κ3) is 3.97. The third-order valence-corrected chi connectivity index (χ3v) is 3.19. The highest BCUT2D eigenvalue weighted by Gasteiger charge is 2.12. The van der Waals surface area contributed by atoms with Crippen LogP contribution in [0.5, 0.6) is 5.75 Å². The molecular formula is C15H19ClN2O2. The highest BCUT2D eigenvalue weighted by atomic mass is 35.5. The minimum absolute atomic E-state index is 0.215. The monoisotopic (exact) mass is 294 g/mol. The van der Waals surface area contributed by atoms with Crippen LogP contribution in [-0.4, -0.2) is 16.7 Å². The fourth-order valence-corrected chi connectivity index (χ4v) is 2.02. The summed E-state index contributed by atoms with van der Waals surface area (Å²) in [6.07, 6.45) is 4.72. The number of hydrogen-bond donors (Lipinski definition) is 0. The second kappa shape index (κ2) is 7.90. The fourth-order valence-electron chi connectivity index (χ4n) is 1.91. The Morgan fingerprint density at radius 1 is 1.20 bits per heavy atom. The van der Waals surface area contributed by atoms with Crippen LogP contribution in [-0.2, 0) is 5.88 Å². The quantitative estimate of drug-likeness (QED) is 0.533. The van der Waals surface area contributed by atoms with Crippen LogP contribution in [0.1, 0.15) is 38.5 Å². The number of ether oxygens (including phenoxy) is 1. The molecule has 4 nitrogen and oxygen atoms in total. The van der Waals surface area contributed by atoms with Gasteiger partial charge in [-0.05, 0) is 18.6 Å². The van der Waals surface area contributed by atoms with Crippen molar-refractivity contribution in [2.75, 3.05) is 6.61 Å². The summed E-state index contributed by atoms with van der Waals surface area (Å²) >= 11 is 5.67. The summed E-state index contributed by atoms with van der Waals surface area (Å²) in [4.78, 5) is 4.23. The molecule has 0 radical (unpaired) electrons. The Hall–Kier alpha value is -1.55. The number of benzene rings is 1. The van der Waals surface area contributed by atoms with Crippen molar-refractivity contribution in [3.8, 4) is 17.1 Å². The number of hydrogen-bond acceptors (Lipinski definition) is 4. The van der Waals surface area contributed by atoms with Gasteiger partial charge in [-0.1, -0.05) is 43.5 Å². The normalized spacial score (nSPS) is 10.7. The Balaban J connectivity index is 2.02. The van der Waals surface area contributed by atoms with Crippen LogP contribution >= 0.6 is 11.6 Å². The first-order valence-corrected chi connectivity index (χ1v) is 7.49. The molecule has 0 aliphatic carbocycles. The van der Waals surface area contributed by atoms with Crippen molar-refractivity contribution in [3.05, 3.63) is 30.2 Å². The van der Waals surface area contributed by atoms with E-state index in [4.69, 9.17) is 20.9 Å². The molecule has 0 spiro atoms. The van der Waals surface area contributed by atoms with Gasteiger partial charge in [-0.2, -0.15) is 4.98 Å². The van der Waals surface area contributed by atoms with Gasteiger partial charge in [0.25, 0.3) is 0 Å². The molecule has 2 aromatic rings. The summed E-state index contributed by atoms with van der Waals surface area (Å²) in [6, 6.07) is 7.71. The second-order valence-corrected chi connectivity index (χ2v) is 4.82. The lowest BCUT2D eigenvalue weighted by Gasteiger charge is -2.08. The number of unbranched alkanes of at least 4 members (excludes halogenated alkanes) is 3. The van der Waals surface area contributed by atoms with E-state index >= 15 is 0 Å². The molecule has 108 valence electrons. The molecule has 0 aliphatic rings. The van der Waals surface area contributed by atoms with Gasteiger partial charge in [-0.3, -0.25) is 0 Å². The summed E-state index contributed by atoms with van der Waals surface area (Å²) in [7, 11) is 0. The highest BCUT2D eigenvalue weighted by Crippen LogP contribution is 2.27. The van der Waals surface area contributed by atoms with Crippen LogP contribution in [0.15, 0.2) is 28.8 Å². The van der Waals surface area contributed by atoms with Crippen LogP contribution in [0.3, 0.4) is 0 Å². The molecule has 0 aliphatic heterocycles. The standard InChI is InChI=1S/C15H19ClN2O2/c1-2-3-4-7-10-19-13-9-6-5-8-12(13)15-17-14(11-16)20-18-15/h5-6,8-9H,2-4,7,10-11H2,1H3. The van der Waals surface area contributed by atoms with Crippen molar-refractivity contribution in [3.63, 3.8) is 0 Å². The van der Waals surface area contributed by atoms with Crippen LogP contribution < -0.4 is 4.74 Å². The van der Waals surface area contributed by atoms with E-state index in [1.165, 1.54) is 19.3 Å². The molecular weight excluding hydrogens is 276 g/mol. The second-order valence-electron chi connectivity index (χ2n) is 4.55. The van der Waals surface area contributed by atoms with Gasteiger partial charge < -0.3 is 9.26 Å². The Labute approximate surface area is 124 Å². The molecule has 0 unspecified atom stereocenters. The molecule has 0 amide bonds. The predicted molar refractivity (Wildman–Crippen MR) is 78.9 cm³/mol. The van der Waals surface area contributed by atoms with Crippen LogP contribution in [0.4, 0.5) is 0 Å². The first-order chi connectivity index (χ1) is 9.85. The van der Waals surface area contributed by atoms with Crippen molar-refractivity contribution < 1.29 is 9.26 Å². The summed E-state index contributed by atoms with van der Waals surface area (Å²) in [5.41, 5.74) is 0.836. The van der Waals surface area contributed by atoms with Crippen LogP contribution in [0.25, 0.3) is 11.4 Å². The van der Waals surface area contributed by atoms with Crippen molar-refractivity contribution in [1.29, 1.82) is 0 Å². The molecule has 1 aromatic heterocycles. The lowest BCUT2D eigenvalue weighted by molar-refractivity contribution is 0.306. The van der Waals surface area contributed by atoms with Crippen molar-refractivity contribution in [2.24, 2.45) is 0 Å². The molecule has 20 heavy (non-hydrogen) atoms. The number of para-hydroxylation sites is 1. The number of rotatable bonds is 8. The molecule has 1 aromatic carbocycles. The van der Waals surface area contributed by atoms with Gasteiger partial charge in [0.2, 0.25) is 11.7 Å². The molecule has 0 fully saturated rings. The van der Waals surface area contributed by atoms with Gasteiger partial charge >= 0.3 is 0 Å². The molecule has 0 bridgehead atoms. The van der Waals surface area contributed by atoms with Crippen molar-refractivity contribution >= 4 is 11.6 Å². The molecule has 0 saturated carbocycles. The Bertz CT molecular complexity index is 528. The molecule has 0 saturated heterocycles. The largest absolute Gasteiger partial charge is 0.493 e. The molecule has 2 rings (SSSR count). The smallest absolute Gasteiger partial charge is 0.241 e. The zero-order valence-corrected chi connectivity index (χ0v) is 12.4. The number of halogens is 1. The van der Waals surface area contributed by atoms with Gasteiger partial charge in [-0.15, -0.1) is 11.6 Å². The lowest BCUT2D eigenvalue weighted by atomic mass is 10.2. The average Bonchev–Trinajstić information content (AvgIpc) is 2.96. The first kappa shape index (κ1) is 14.9. The minimum Gasteiger partial charge on any atom is -0.493 e. The van der Waals surface area contributed by atoms with E-state index in [9.17, 15) is 0 Å². The van der Waals surface area contributed by atoms with Crippen LogP contribution in [0, 0.1) is 0 Å². The van der Waals surface area contributed by atoms with E-state index in [1.54, 1.807) is 0 Å². The highest BCUT2D eigenvalue weighted by molar-refractivity contribution is 6.16. The van der Waals surface area contributed by atoms with E-state index < -0.39 is 0 Å². The SMILES string of the molecule is CCCCCCOc1ccccc1-c1noc(CCl)n1. The van der Waals surface area contributed by atoms with Crippen LogP contribution in [0.2, 0.25) is 0 Å². The topological polar surface area (TPSA) is 48.2 Å². The van der Waals surface area contributed by atoms with Gasteiger partial charge in [0, 0.05) is 0 Å². The Morgan fingerprint density at radius 2 is 2.05 bits per heavy atom. The molecule has 5 heteroatoms. The van der Waals surface area contributed by atoms with Gasteiger partial charge in [0.1, 0.15) is 11.6 Å². The van der Waals surface area contributed by atoms with Gasteiger partial charge in [-0.25, -0.2) is 0 Å². The van der Waals surface area contributed by atoms with Gasteiger partial charge in [0.15, 0.2) is 0 Å². The van der Waals surface area contributed by atoms with Crippen molar-refractivity contribution in [1.82, 2.24) is 10.1 Å². The number of alkyl halides is 1. The zero-order chi connectivity index (χ0) is 14.2. The van der Waals surface area contributed by atoms with E-state index in [0.29, 0.717) is 18.3 Å². The maximum absolute atomic E-state index is 5.83. The number of aromatic nitrogens is 2. The molecule has 0 atom stereocenters. The molecule has 0 N–H and O–H groups in total. The minimum atomic E-state index is 0.215. The summed E-state index contributed by atoms with van der Waals surface area (Å²) in [6.45, 7) is 2.90. The van der Waals surface area contributed by atoms with E-state index in [-0.39, 0.29) is 5.88 Å². The predicted octanol–water partition coefficient (Wildman–Crippen LogP) is 4.43. The van der Waals surface area contributed by atoms with E-state index in [1.807, 2.05) is 24.3 Å². The summed E-state index contributed by atoms with van der Waals surface area (Å²) < 4.78 is 10.9. The Morgan fingerprint density at radius 3 is 2.80 bits per heavy atom. The number of nitrogens with zero attached hydrogens (tertiary/aromatic N) is 2. The maximum Gasteiger partial charge on any atom is 0.241 e. The summed E-state index contributed by atoms with van der Waals surface area (Å²) in [5.74, 6) is 1.93. The average molecular weight is 295 g/mol. The van der Waals surface area contributed by atoms with Gasteiger partial charge in [0.05, 0.1) is 12.2 Å². The molecule has 1 heterocycles. The summed E-state index contributed by atoms with van der Waals surface area (Å²) in [5, 5.41) is 3.93. The fraction of sp³-hybridized carbons (Fsp3) is 0.467. The van der Waals surface area contributed by atoms with E-state index in [0.717, 1.165) is 17.7 Å². The van der Waals surface area contributed by atoms with Crippen molar-refractivity contribution in [2.45, 2.75) is 38.5 Å². The maximum atomic E-state index is 5.83. The third-order valence-electron chi connectivity index (χ3n) is 2.97. The zero-order valence-electron chi connectivity index (χ0n) is 11.6.